The zero-order valence-electron chi connectivity index (χ0n) is 9.48. The van der Waals surface area contributed by atoms with E-state index in [-0.39, 0.29) is 12.2 Å². The van der Waals surface area contributed by atoms with Gasteiger partial charge in [0, 0.05) is 28.2 Å². The van der Waals surface area contributed by atoms with Crippen molar-refractivity contribution in [2.45, 2.75) is 6.54 Å². The molecule has 0 heterocycles. The van der Waals surface area contributed by atoms with Crippen LogP contribution in [-0.4, -0.2) is 0 Å². The third-order valence-corrected chi connectivity index (χ3v) is 3.48. The van der Waals surface area contributed by atoms with Gasteiger partial charge in [-0.05, 0) is 23.8 Å². The molecule has 0 spiro atoms. The highest BCUT2D eigenvalue weighted by Crippen LogP contribution is 2.24. The zero-order valence-corrected chi connectivity index (χ0v) is 11.8. The van der Waals surface area contributed by atoms with E-state index in [1.165, 1.54) is 0 Å². The Morgan fingerprint density at radius 2 is 1.84 bits per heavy atom. The molecule has 0 aliphatic rings. The zero-order chi connectivity index (χ0) is 14.0. The fraction of sp³-hybridized carbons (Fsp3) is 0.0769. The number of rotatable bonds is 3. The highest BCUT2D eigenvalue weighted by Gasteiger charge is 2.11. The number of hydrogen-bond acceptors (Lipinski definition) is 1. The molecular formula is C13H8BrClF3N. The number of hydrogen-bond donors (Lipinski definition) is 1. The first-order chi connectivity index (χ1) is 8.97. The Hall–Kier alpha value is -1.20. The SMILES string of the molecule is Fc1cc(F)c(F)c(NCc2cc(Cl)ccc2Br)c1. The normalized spacial score (nSPS) is 10.6. The Kier molecular flexibility index (Phi) is 4.37. The summed E-state index contributed by atoms with van der Waals surface area (Å²) in [7, 11) is 0. The Labute approximate surface area is 121 Å². The van der Waals surface area contributed by atoms with Crippen molar-refractivity contribution in [3.05, 3.63) is 62.8 Å². The van der Waals surface area contributed by atoms with Gasteiger partial charge in [0.2, 0.25) is 0 Å². The molecule has 0 fully saturated rings. The average Bonchev–Trinajstić information content (AvgIpc) is 2.35. The molecule has 0 atom stereocenters. The molecule has 19 heavy (non-hydrogen) atoms. The molecule has 0 aromatic heterocycles. The molecule has 0 saturated heterocycles. The number of benzene rings is 2. The van der Waals surface area contributed by atoms with E-state index in [0.717, 1.165) is 16.1 Å². The van der Waals surface area contributed by atoms with Crippen molar-refractivity contribution in [3.63, 3.8) is 0 Å². The van der Waals surface area contributed by atoms with E-state index in [2.05, 4.69) is 21.2 Å². The van der Waals surface area contributed by atoms with Gasteiger partial charge in [0.15, 0.2) is 11.6 Å². The smallest absolute Gasteiger partial charge is 0.182 e. The van der Waals surface area contributed by atoms with Gasteiger partial charge in [-0.2, -0.15) is 0 Å². The Morgan fingerprint density at radius 1 is 1.11 bits per heavy atom. The van der Waals surface area contributed by atoms with E-state index < -0.39 is 17.5 Å². The third-order valence-electron chi connectivity index (χ3n) is 2.47. The lowest BCUT2D eigenvalue weighted by Gasteiger charge is -2.10. The molecule has 0 unspecified atom stereocenters. The molecule has 0 aliphatic heterocycles. The first kappa shape index (κ1) is 14.2. The summed E-state index contributed by atoms with van der Waals surface area (Å²) >= 11 is 9.15. The summed E-state index contributed by atoms with van der Waals surface area (Å²) in [6.45, 7) is 0.182. The highest BCUT2D eigenvalue weighted by molar-refractivity contribution is 9.10. The third kappa shape index (κ3) is 3.42. The summed E-state index contributed by atoms with van der Waals surface area (Å²) in [6, 6.07) is 6.50. The first-order valence-electron chi connectivity index (χ1n) is 5.29. The van der Waals surface area contributed by atoms with Gasteiger partial charge in [-0.1, -0.05) is 27.5 Å². The van der Waals surface area contributed by atoms with E-state index in [1.807, 2.05) is 0 Å². The molecule has 0 bridgehead atoms. The average molecular weight is 351 g/mol. The second kappa shape index (κ2) is 5.84. The predicted octanol–water partition coefficient (Wildman–Crippen LogP) is 5.13. The lowest BCUT2D eigenvalue weighted by atomic mass is 10.2. The molecule has 6 heteroatoms. The van der Waals surface area contributed by atoms with E-state index in [0.29, 0.717) is 11.1 Å². The largest absolute Gasteiger partial charge is 0.378 e. The van der Waals surface area contributed by atoms with Crippen molar-refractivity contribution in [1.29, 1.82) is 0 Å². The Balaban J connectivity index is 2.21. The Morgan fingerprint density at radius 3 is 2.58 bits per heavy atom. The van der Waals surface area contributed by atoms with Gasteiger partial charge < -0.3 is 5.32 Å². The molecule has 100 valence electrons. The van der Waals surface area contributed by atoms with Crippen LogP contribution < -0.4 is 5.32 Å². The van der Waals surface area contributed by atoms with Crippen molar-refractivity contribution in [2.24, 2.45) is 0 Å². The van der Waals surface area contributed by atoms with Gasteiger partial charge in [0.25, 0.3) is 0 Å². The number of anilines is 1. The fourth-order valence-corrected chi connectivity index (χ4v) is 2.14. The van der Waals surface area contributed by atoms with Crippen LogP contribution >= 0.6 is 27.5 Å². The molecule has 0 saturated carbocycles. The summed E-state index contributed by atoms with van der Waals surface area (Å²) in [4.78, 5) is 0. The van der Waals surface area contributed by atoms with Gasteiger partial charge in [0.05, 0.1) is 5.69 Å². The van der Waals surface area contributed by atoms with Crippen LogP contribution in [0.15, 0.2) is 34.8 Å². The van der Waals surface area contributed by atoms with Crippen LogP contribution in [0.3, 0.4) is 0 Å². The van der Waals surface area contributed by atoms with Crippen molar-refractivity contribution < 1.29 is 13.2 Å². The molecule has 1 N–H and O–H groups in total. The first-order valence-corrected chi connectivity index (χ1v) is 6.47. The van der Waals surface area contributed by atoms with Gasteiger partial charge in [-0.15, -0.1) is 0 Å². The van der Waals surface area contributed by atoms with Crippen LogP contribution in [0.1, 0.15) is 5.56 Å². The van der Waals surface area contributed by atoms with Crippen LogP contribution in [-0.2, 0) is 6.54 Å². The van der Waals surface area contributed by atoms with Gasteiger partial charge in [-0.25, -0.2) is 13.2 Å². The summed E-state index contributed by atoms with van der Waals surface area (Å²) in [5.41, 5.74) is 0.515. The lowest BCUT2D eigenvalue weighted by Crippen LogP contribution is -2.04. The van der Waals surface area contributed by atoms with Gasteiger partial charge in [-0.3, -0.25) is 0 Å². The second-order valence-electron chi connectivity index (χ2n) is 3.84. The van der Waals surface area contributed by atoms with Crippen molar-refractivity contribution >= 4 is 33.2 Å². The maximum Gasteiger partial charge on any atom is 0.182 e. The second-order valence-corrected chi connectivity index (χ2v) is 5.13. The van der Waals surface area contributed by atoms with Gasteiger partial charge >= 0.3 is 0 Å². The standard InChI is InChI=1S/C13H8BrClF3N/c14-10-2-1-8(15)3-7(10)6-19-12-5-9(16)4-11(17)13(12)18/h1-5,19H,6H2. The van der Waals surface area contributed by atoms with Crippen LogP contribution in [0.25, 0.3) is 0 Å². The summed E-state index contributed by atoms with van der Waals surface area (Å²) < 4.78 is 40.2. The summed E-state index contributed by atoms with van der Waals surface area (Å²) in [5.74, 6) is -3.18. The molecule has 0 amide bonds. The minimum atomic E-state index is -1.23. The minimum absolute atomic E-state index is 0.182. The van der Waals surface area contributed by atoms with E-state index in [1.54, 1.807) is 18.2 Å². The summed E-state index contributed by atoms with van der Waals surface area (Å²) in [5, 5.41) is 3.15. The molecule has 2 aromatic carbocycles. The number of halogens is 5. The quantitative estimate of drug-likeness (QED) is 0.757. The van der Waals surface area contributed by atoms with Crippen LogP contribution in [0, 0.1) is 17.5 Å². The van der Waals surface area contributed by atoms with Crippen molar-refractivity contribution in [2.75, 3.05) is 5.32 Å². The molecule has 2 aromatic rings. The Bertz CT molecular complexity index is 619. The minimum Gasteiger partial charge on any atom is -0.378 e. The molecule has 1 nitrogen and oxygen atoms in total. The summed E-state index contributed by atoms with van der Waals surface area (Å²) in [6.07, 6.45) is 0. The van der Waals surface area contributed by atoms with E-state index >= 15 is 0 Å². The highest BCUT2D eigenvalue weighted by atomic mass is 79.9. The van der Waals surface area contributed by atoms with Crippen LogP contribution in [0.4, 0.5) is 18.9 Å². The van der Waals surface area contributed by atoms with E-state index in [9.17, 15) is 13.2 Å². The predicted molar refractivity (Wildman–Crippen MR) is 72.8 cm³/mol. The van der Waals surface area contributed by atoms with Crippen LogP contribution in [0.5, 0.6) is 0 Å². The molecule has 0 radical (unpaired) electrons. The van der Waals surface area contributed by atoms with Gasteiger partial charge in [0.1, 0.15) is 5.82 Å². The maximum atomic E-state index is 13.4. The fourth-order valence-electron chi connectivity index (χ4n) is 1.55. The number of nitrogens with one attached hydrogen (secondary N) is 1. The van der Waals surface area contributed by atoms with Crippen molar-refractivity contribution in [3.8, 4) is 0 Å². The lowest BCUT2D eigenvalue weighted by molar-refractivity contribution is 0.497. The maximum absolute atomic E-state index is 13.4. The van der Waals surface area contributed by atoms with Crippen molar-refractivity contribution in [1.82, 2.24) is 0 Å². The molecular weight excluding hydrogens is 343 g/mol. The van der Waals surface area contributed by atoms with E-state index in [4.69, 9.17) is 11.6 Å². The molecule has 0 aliphatic carbocycles. The monoisotopic (exact) mass is 349 g/mol. The molecule has 2 rings (SSSR count). The topological polar surface area (TPSA) is 12.0 Å². The van der Waals surface area contributed by atoms with Crippen LogP contribution in [0.2, 0.25) is 5.02 Å².